The monoisotopic (exact) mass is 89.0 g/mol. The van der Waals surface area contributed by atoms with Crippen LogP contribution in [0.4, 0.5) is 0 Å². The average molecular weight is 89.1 g/mol. The van der Waals surface area contributed by atoms with Crippen LogP contribution in [0.3, 0.4) is 0 Å². The number of hydrogen-bond donors (Lipinski definition) is 1. The molecule has 0 aliphatic carbocycles. The van der Waals surface area contributed by atoms with Crippen LogP contribution >= 0.6 is 12.2 Å². The highest BCUT2D eigenvalue weighted by molar-refractivity contribution is 7.80. The Labute approximate surface area is 35.1 Å². The molecule has 1 N–H and O–H groups in total. The first-order valence-corrected chi connectivity index (χ1v) is 1.50. The van der Waals surface area contributed by atoms with E-state index in [1.54, 1.807) is 0 Å². The van der Waals surface area contributed by atoms with Crippen molar-refractivity contribution in [1.82, 2.24) is 0 Å². The molecule has 2 nitrogen and oxygen atoms in total. The van der Waals surface area contributed by atoms with Gasteiger partial charge in [-0.3, -0.25) is 0 Å². The Bertz CT molecular complexity index is 51.6. The van der Waals surface area contributed by atoms with Crippen LogP contribution in [0.2, 0.25) is 0 Å². The van der Waals surface area contributed by atoms with E-state index in [-0.39, 0.29) is 0 Å². The number of rotatable bonds is 1. The van der Waals surface area contributed by atoms with E-state index in [2.05, 4.69) is 17.4 Å². The van der Waals surface area contributed by atoms with Crippen LogP contribution in [-0.4, -0.2) is 16.8 Å². The first-order chi connectivity index (χ1) is 2.41. The van der Waals surface area contributed by atoms with E-state index in [1.165, 1.54) is 5.37 Å². The third-order valence-corrected chi connectivity index (χ3v) is 0.249. The van der Waals surface area contributed by atoms with Gasteiger partial charge in [0.05, 0.1) is 6.21 Å². The molecule has 0 unspecified atom stereocenters. The molecule has 0 atom stereocenters. The van der Waals surface area contributed by atoms with Gasteiger partial charge in [-0.25, -0.2) is 0 Å². The van der Waals surface area contributed by atoms with Crippen LogP contribution in [0, 0.1) is 0 Å². The Morgan fingerprint density at radius 3 is 2.40 bits per heavy atom. The molecular weight excluding hydrogens is 86.1 g/mol. The fourth-order valence-electron chi connectivity index (χ4n) is 0.0272. The van der Waals surface area contributed by atoms with Crippen LogP contribution < -0.4 is 0 Å². The van der Waals surface area contributed by atoms with E-state index in [9.17, 15) is 0 Å². The van der Waals surface area contributed by atoms with Crippen LogP contribution in [0.1, 0.15) is 0 Å². The second kappa shape index (κ2) is 3.56. The molecule has 0 aliphatic rings. The Balaban J connectivity index is 2.92. The zero-order valence-electron chi connectivity index (χ0n) is 2.46. The summed E-state index contributed by atoms with van der Waals surface area (Å²) in [6.45, 7) is 0. The zero-order valence-corrected chi connectivity index (χ0v) is 3.27. The van der Waals surface area contributed by atoms with Crippen molar-refractivity contribution in [2.24, 2.45) is 5.16 Å². The predicted octanol–water partition coefficient (Wildman–Crippen LogP) is 0.446. The molecule has 28 valence electrons. The molecule has 0 spiro atoms. The smallest absolute Gasteiger partial charge is 0.0768 e. The minimum absolute atomic E-state index is 1.12. The first kappa shape index (κ1) is 4.56. The molecule has 0 aromatic carbocycles. The van der Waals surface area contributed by atoms with Crippen molar-refractivity contribution in [3.8, 4) is 0 Å². The molecule has 3 heteroatoms. The van der Waals surface area contributed by atoms with Gasteiger partial charge in [-0.2, -0.15) is 0 Å². The largest absolute Gasteiger partial charge is 0.411 e. The average Bonchev–Trinajstić information content (AvgIpc) is 1.41. The summed E-state index contributed by atoms with van der Waals surface area (Å²) in [5.74, 6) is 0. The second-order valence-electron chi connectivity index (χ2n) is 0.401. The van der Waals surface area contributed by atoms with Crippen molar-refractivity contribution in [2.45, 2.75) is 0 Å². The van der Waals surface area contributed by atoms with Crippen LogP contribution in [0.5, 0.6) is 0 Å². The van der Waals surface area contributed by atoms with Gasteiger partial charge < -0.3 is 5.21 Å². The number of thiocarbonyl (C=S) groups is 1. The highest BCUT2D eigenvalue weighted by Gasteiger charge is 1.46. The lowest BCUT2D eigenvalue weighted by molar-refractivity contribution is 0.322. The highest BCUT2D eigenvalue weighted by atomic mass is 32.1. The van der Waals surface area contributed by atoms with Gasteiger partial charge in [0, 0.05) is 5.37 Å². The Kier molecular flexibility index (Phi) is 3.25. The topological polar surface area (TPSA) is 32.6 Å². The summed E-state index contributed by atoms with van der Waals surface area (Å²) in [5.41, 5.74) is 0. The summed E-state index contributed by atoms with van der Waals surface area (Å²) >= 11 is 4.22. The van der Waals surface area contributed by atoms with Crippen molar-refractivity contribution in [3.63, 3.8) is 0 Å². The Morgan fingerprint density at radius 1 is 1.80 bits per heavy atom. The van der Waals surface area contributed by atoms with Crippen LogP contribution in [0.15, 0.2) is 5.16 Å². The van der Waals surface area contributed by atoms with Crippen molar-refractivity contribution < 1.29 is 5.21 Å². The molecule has 0 bridgehead atoms. The van der Waals surface area contributed by atoms with Crippen molar-refractivity contribution in [2.75, 3.05) is 0 Å². The van der Waals surface area contributed by atoms with E-state index >= 15 is 0 Å². The second-order valence-corrected chi connectivity index (χ2v) is 0.673. The van der Waals surface area contributed by atoms with Crippen LogP contribution in [-0.2, 0) is 0 Å². The van der Waals surface area contributed by atoms with Crippen molar-refractivity contribution in [3.05, 3.63) is 0 Å². The van der Waals surface area contributed by atoms with Gasteiger partial charge in [-0.05, 0) is 0 Å². The maximum atomic E-state index is 7.54. The van der Waals surface area contributed by atoms with E-state index in [4.69, 9.17) is 5.21 Å². The molecule has 0 rings (SSSR count). The van der Waals surface area contributed by atoms with Gasteiger partial charge in [0.15, 0.2) is 0 Å². The third kappa shape index (κ3) is 3.56. The van der Waals surface area contributed by atoms with Gasteiger partial charge in [-0.15, -0.1) is 0 Å². The van der Waals surface area contributed by atoms with E-state index in [0.29, 0.717) is 0 Å². The molecule has 0 aromatic rings. The molecule has 0 fully saturated rings. The van der Waals surface area contributed by atoms with Crippen LogP contribution in [0.25, 0.3) is 0 Å². The summed E-state index contributed by atoms with van der Waals surface area (Å²) in [4.78, 5) is 0. The number of hydrogen-bond acceptors (Lipinski definition) is 3. The summed E-state index contributed by atoms with van der Waals surface area (Å²) in [7, 11) is 0. The van der Waals surface area contributed by atoms with Gasteiger partial charge in [-0.1, -0.05) is 17.4 Å². The summed E-state index contributed by atoms with van der Waals surface area (Å²) in [6.07, 6.45) is 1.12. The van der Waals surface area contributed by atoms with Gasteiger partial charge in [0.2, 0.25) is 0 Å². The molecule has 0 aromatic heterocycles. The molecular formula is C2H3NOS. The molecule has 0 amide bonds. The number of oxime groups is 1. The van der Waals surface area contributed by atoms with E-state index in [0.717, 1.165) is 6.21 Å². The lowest BCUT2D eigenvalue weighted by Crippen LogP contribution is -1.63. The highest BCUT2D eigenvalue weighted by Crippen LogP contribution is 1.43. The SMILES string of the molecule is ON=CC=S. The molecule has 0 saturated carbocycles. The standard InChI is InChI=1S/C2H3NOS/c4-3-1-2-5/h1-2,4H. The maximum absolute atomic E-state index is 7.54. The van der Waals surface area contributed by atoms with Gasteiger partial charge >= 0.3 is 0 Å². The molecule has 0 radical (unpaired) electrons. The minimum atomic E-state index is 1.12. The lowest BCUT2D eigenvalue weighted by atomic mass is 10.9. The summed E-state index contributed by atoms with van der Waals surface area (Å²) < 4.78 is 0. The lowest BCUT2D eigenvalue weighted by Gasteiger charge is -1.56. The van der Waals surface area contributed by atoms with Crippen molar-refractivity contribution >= 4 is 23.8 Å². The summed E-state index contributed by atoms with van der Waals surface area (Å²) in [5, 5.41) is 11.3. The summed E-state index contributed by atoms with van der Waals surface area (Å²) in [6, 6.07) is 0. The predicted molar refractivity (Wildman–Crippen MR) is 23.9 cm³/mol. The quantitative estimate of drug-likeness (QED) is 0.219. The molecule has 0 saturated heterocycles. The molecule has 0 aliphatic heterocycles. The van der Waals surface area contributed by atoms with Crippen molar-refractivity contribution in [1.29, 1.82) is 0 Å². The Hall–Kier alpha value is -0.440. The molecule has 0 heterocycles. The first-order valence-electron chi connectivity index (χ1n) is 1.03. The van der Waals surface area contributed by atoms with Gasteiger partial charge in [0.25, 0.3) is 0 Å². The fourth-order valence-corrected chi connectivity index (χ4v) is 0.0816. The maximum Gasteiger partial charge on any atom is 0.0768 e. The van der Waals surface area contributed by atoms with E-state index < -0.39 is 0 Å². The molecule has 5 heavy (non-hydrogen) atoms. The fraction of sp³-hybridized carbons (Fsp3) is 0. The van der Waals surface area contributed by atoms with Gasteiger partial charge in [0.1, 0.15) is 0 Å². The minimum Gasteiger partial charge on any atom is -0.411 e. The Morgan fingerprint density at radius 2 is 2.40 bits per heavy atom. The number of nitrogens with zero attached hydrogens (tertiary/aromatic N) is 1. The normalized spacial score (nSPS) is 8.80. The van der Waals surface area contributed by atoms with E-state index in [1.807, 2.05) is 0 Å². The zero-order chi connectivity index (χ0) is 4.12. The third-order valence-electron chi connectivity index (χ3n) is 0.128.